The Bertz CT molecular complexity index is 1480. The smallest absolute Gasteiger partial charge is 0.416 e. The molecule has 1 heterocycles. The van der Waals surface area contributed by atoms with E-state index >= 15 is 0 Å². The minimum Gasteiger partial charge on any atom is -0.497 e. The zero-order chi connectivity index (χ0) is 29.1. The molecular formula is C30H24F6N2O2. The maximum Gasteiger partial charge on any atom is 0.416 e. The summed E-state index contributed by atoms with van der Waals surface area (Å²) in [5.74, 6) is 0.0140. The monoisotopic (exact) mass is 558 g/mol. The number of nitrogens with zero attached hydrogens (tertiary/aromatic N) is 1. The molecule has 3 aromatic carbocycles. The van der Waals surface area contributed by atoms with Crippen molar-refractivity contribution in [3.05, 3.63) is 118 Å². The Morgan fingerprint density at radius 2 is 1.45 bits per heavy atom. The first-order chi connectivity index (χ1) is 18.8. The van der Waals surface area contributed by atoms with Crippen LogP contribution in [-0.2, 0) is 25.3 Å². The Kier molecular flexibility index (Phi) is 8.18. The minimum atomic E-state index is -4.98. The van der Waals surface area contributed by atoms with Gasteiger partial charge in [0.05, 0.1) is 23.8 Å². The van der Waals surface area contributed by atoms with Crippen LogP contribution < -0.4 is 10.1 Å². The molecule has 4 rings (SSSR count). The second-order valence-electron chi connectivity index (χ2n) is 9.16. The summed E-state index contributed by atoms with van der Waals surface area (Å²) in [5, 5.41) is 2.46. The van der Waals surface area contributed by atoms with Gasteiger partial charge in [0.25, 0.3) is 5.91 Å². The number of ether oxygens (including phenoxy) is 1. The van der Waals surface area contributed by atoms with Gasteiger partial charge in [-0.15, -0.1) is 0 Å². The van der Waals surface area contributed by atoms with E-state index in [1.54, 1.807) is 19.2 Å². The van der Waals surface area contributed by atoms with Gasteiger partial charge in [-0.1, -0.05) is 36.4 Å². The molecule has 0 fully saturated rings. The van der Waals surface area contributed by atoms with Gasteiger partial charge in [-0.3, -0.25) is 9.78 Å². The standard InChI is InChI=1S/C30H24F6N2O2/c1-18-5-3-4-6-25(18)26-15-23(13-19-7-9-24(40-2)10-8-19)37-17-27(26)28(39)38-16-20-11-21(29(31,32)33)14-22(12-20)30(34,35)36/h3-12,14-15,17H,13,16H2,1-2H3,(H,38,39). The zero-order valence-corrected chi connectivity index (χ0v) is 21.5. The van der Waals surface area contributed by atoms with Gasteiger partial charge in [0.15, 0.2) is 0 Å². The molecule has 0 unspecified atom stereocenters. The molecule has 0 saturated heterocycles. The van der Waals surface area contributed by atoms with Gasteiger partial charge in [0.1, 0.15) is 5.75 Å². The molecule has 0 bridgehead atoms. The molecule has 0 saturated carbocycles. The molecule has 0 atom stereocenters. The number of amides is 1. The van der Waals surface area contributed by atoms with Gasteiger partial charge in [-0.05, 0) is 71.1 Å². The fourth-order valence-corrected chi connectivity index (χ4v) is 4.23. The second kappa shape index (κ2) is 11.4. The molecule has 4 nitrogen and oxygen atoms in total. The number of methoxy groups -OCH3 is 1. The number of benzene rings is 3. The number of aromatic nitrogens is 1. The van der Waals surface area contributed by atoms with Gasteiger partial charge in [-0.25, -0.2) is 0 Å². The summed E-state index contributed by atoms with van der Waals surface area (Å²) in [6.45, 7) is 1.31. The Hall–Kier alpha value is -4.34. The van der Waals surface area contributed by atoms with Gasteiger partial charge in [0, 0.05) is 24.9 Å². The van der Waals surface area contributed by atoms with Crippen molar-refractivity contribution >= 4 is 5.91 Å². The highest BCUT2D eigenvalue weighted by molar-refractivity contribution is 6.01. The van der Waals surface area contributed by atoms with E-state index in [2.05, 4.69) is 10.3 Å². The summed E-state index contributed by atoms with van der Waals surface area (Å²) in [6, 6.07) is 17.7. The molecule has 1 N–H and O–H groups in total. The summed E-state index contributed by atoms with van der Waals surface area (Å²) in [5.41, 5.74) is 0.657. The number of nitrogens with one attached hydrogen (secondary N) is 1. The number of carbonyl (C=O) groups excluding carboxylic acids is 1. The predicted molar refractivity (Wildman–Crippen MR) is 138 cm³/mol. The number of rotatable bonds is 7. The van der Waals surface area contributed by atoms with Crippen LogP contribution in [0.25, 0.3) is 11.1 Å². The third kappa shape index (κ3) is 6.80. The van der Waals surface area contributed by atoms with Crippen LogP contribution in [-0.4, -0.2) is 18.0 Å². The average molecular weight is 559 g/mol. The van der Waals surface area contributed by atoms with Gasteiger partial charge in [-0.2, -0.15) is 26.3 Å². The van der Waals surface area contributed by atoms with E-state index in [-0.39, 0.29) is 17.2 Å². The summed E-state index contributed by atoms with van der Waals surface area (Å²) in [7, 11) is 1.57. The number of hydrogen-bond acceptors (Lipinski definition) is 3. The van der Waals surface area contributed by atoms with Crippen LogP contribution >= 0.6 is 0 Å². The van der Waals surface area contributed by atoms with Crippen LogP contribution in [0, 0.1) is 6.92 Å². The molecule has 0 aliphatic heterocycles. The number of alkyl halides is 6. The van der Waals surface area contributed by atoms with Crippen LogP contribution in [0.2, 0.25) is 0 Å². The van der Waals surface area contributed by atoms with Crippen molar-refractivity contribution in [3.8, 4) is 16.9 Å². The highest BCUT2D eigenvalue weighted by Crippen LogP contribution is 2.36. The maximum absolute atomic E-state index is 13.2. The number of pyridine rings is 1. The van der Waals surface area contributed by atoms with Gasteiger partial charge in [0.2, 0.25) is 0 Å². The zero-order valence-electron chi connectivity index (χ0n) is 21.5. The lowest BCUT2D eigenvalue weighted by atomic mass is 9.95. The van der Waals surface area contributed by atoms with Gasteiger partial charge < -0.3 is 10.1 Å². The van der Waals surface area contributed by atoms with E-state index in [9.17, 15) is 31.1 Å². The largest absolute Gasteiger partial charge is 0.497 e. The van der Waals surface area contributed by atoms with Crippen molar-refractivity contribution in [3.63, 3.8) is 0 Å². The Balaban J connectivity index is 1.65. The molecule has 208 valence electrons. The quantitative estimate of drug-likeness (QED) is 0.238. The topological polar surface area (TPSA) is 51.2 Å². The second-order valence-corrected chi connectivity index (χ2v) is 9.16. The SMILES string of the molecule is COc1ccc(Cc2cc(-c3ccccc3C)c(C(=O)NCc3cc(C(F)(F)F)cc(C(F)(F)F)c3)cn2)cc1. The number of aryl methyl sites for hydroxylation is 1. The van der Waals surface area contributed by atoms with Crippen molar-refractivity contribution in [2.75, 3.05) is 7.11 Å². The first kappa shape index (κ1) is 28.7. The van der Waals surface area contributed by atoms with E-state index in [0.29, 0.717) is 35.6 Å². The van der Waals surface area contributed by atoms with Crippen LogP contribution in [0.1, 0.15) is 43.9 Å². The molecule has 1 amide bonds. The lowest BCUT2D eigenvalue weighted by molar-refractivity contribution is -0.143. The number of hydrogen-bond donors (Lipinski definition) is 1. The van der Waals surface area contributed by atoms with E-state index in [4.69, 9.17) is 4.74 Å². The van der Waals surface area contributed by atoms with Crippen LogP contribution in [0.5, 0.6) is 5.75 Å². The summed E-state index contributed by atoms with van der Waals surface area (Å²) >= 11 is 0. The molecule has 10 heteroatoms. The van der Waals surface area contributed by atoms with Crippen molar-refractivity contribution in [1.82, 2.24) is 10.3 Å². The summed E-state index contributed by atoms with van der Waals surface area (Å²) in [6.07, 6.45) is -8.15. The molecule has 0 aliphatic carbocycles. The molecule has 0 aliphatic rings. The number of halogens is 6. The van der Waals surface area contributed by atoms with Crippen molar-refractivity contribution in [2.24, 2.45) is 0 Å². The highest BCUT2D eigenvalue weighted by Gasteiger charge is 2.36. The highest BCUT2D eigenvalue weighted by atomic mass is 19.4. The van der Waals surface area contributed by atoms with E-state index < -0.39 is 35.9 Å². The lowest BCUT2D eigenvalue weighted by Crippen LogP contribution is -2.24. The van der Waals surface area contributed by atoms with Crippen molar-refractivity contribution in [2.45, 2.75) is 32.2 Å². The molecular weight excluding hydrogens is 534 g/mol. The Morgan fingerprint density at radius 1 is 0.825 bits per heavy atom. The summed E-state index contributed by atoms with van der Waals surface area (Å²) < 4.78 is 84.6. The van der Waals surface area contributed by atoms with Gasteiger partial charge >= 0.3 is 12.4 Å². The fourth-order valence-electron chi connectivity index (χ4n) is 4.23. The number of carbonyl (C=O) groups is 1. The maximum atomic E-state index is 13.2. The van der Waals surface area contributed by atoms with Crippen LogP contribution in [0.15, 0.2) is 79.0 Å². The molecule has 4 aromatic rings. The first-order valence-electron chi connectivity index (χ1n) is 12.1. The van der Waals surface area contributed by atoms with Crippen molar-refractivity contribution in [1.29, 1.82) is 0 Å². The Labute approximate surface area is 226 Å². The molecule has 0 spiro atoms. The summed E-state index contributed by atoms with van der Waals surface area (Å²) in [4.78, 5) is 17.6. The molecule has 1 aromatic heterocycles. The van der Waals surface area contributed by atoms with E-state index in [0.717, 1.165) is 16.7 Å². The van der Waals surface area contributed by atoms with Crippen molar-refractivity contribution < 1.29 is 35.9 Å². The van der Waals surface area contributed by atoms with Crippen LogP contribution in [0.3, 0.4) is 0 Å². The third-order valence-corrected chi connectivity index (χ3v) is 6.29. The first-order valence-corrected chi connectivity index (χ1v) is 12.1. The lowest BCUT2D eigenvalue weighted by Gasteiger charge is -2.16. The predicted octanol–water partition coefficient (Wildman–Crippen LogP) is 7.62. The Morgan fingerprint density at radius 3 is 2.02 bits per heavy atom. The fraction of sp³-hybridized carbons (Fsp3) is 0.200. The third-order valence-electron chi connectivity index (χ3n) is 6.29. The van der Waals surface area contributed by atoms with E-state index in [1.165, 1.54) is 6.20 Å². The van der Waals surface area contributed by atoms with Crippen LogP contribution in [0.4, 0.5) is 26.3 Å². The normalized spacial score (nSPS) is 11.8. The minimum absolute atomic E-state index is 0.0487. The average Bonchev–Trinajstić information content (AvgIpc) is 2.91. The molecule has 0 radical (unpaired) electrons. The molecule has 40 heavy (non-hydrogen) atoms. The van der Waals surface area contributed by atoms with E-state index in [1.807, 2.05) is 49.4 Å².